The third-order valence-corrected chi connectivity index (χ3v) is 6.90. The molecular formula is C32H27N5O3. The van der Waals surface area contributed by atoms with Gasteiger partial charge in [-0.15, -0.1) is 0 Å². The van der Waals surface area contributed by atoms with Crippen LogP contribution in [0.4, 0.5) is 11.4 Å². The first-order chi connectivity index (χ1) is 19.6. The molecule has 6 rings (SSSR count). The monoisotopic (exact) mass is 529 g/mol. The lowest BCUT2D eigenvalue weighted by atomic mass is 9.93. The number of hydrogen-bond donors (Lipinski definition) is 2. The van der Waals surface area contributed by atoms with E-state index in [0.717, 1.165) is 34.3 Å². The minimum absolute atomic E-state index is 0.221. The van der Waals surface area contributed by atoms with Crippen LogP contribution in [-0.2, 0) is 6.42 Å². The van der Waals surface area contributed by atoms with Crippen molar-refractivity contribution in [2.24, 2.45) is 5.10 Å². The van der Waals surface area contributed by atoms with E-state index in [1.807, 2.05) is 97.9 Å². The van der Waals surface area contributed by atoms with Crippen molar-refractivity contribution in [2.75, 3.05) is 5.01 Å². The molecule has 8 nitrogen and oxygen atoms in total. The average molecular weight is 530 g/mol. The summed E-state index contributed by atoms with van der Waals surface area (Å²) in [7, 11) is 0. The summed E-state index contributed by atoms with van der Waals surface area (Å²) in [5.41, 5.74) is 10.4. The van der Waals surface area contributed by atoms with E-state index in [1.54, 1.807) is 11.1 Å². The van der Waals surface area contributed by atoms with Gasteiger partial charge in [0.2, 0.25) is 0 Å². The van der Waals surface area contributed by atoms with Gasteiger partial charge in [0, 0.05) is 22.9 Å². The Hall–Kier alpha value is -5.24. The van der Waals surface area contributed by atoms with E-state index >= 15 is 0 Å². The van der Waals surface area contributed by atoms with E-state index in [4.69, 9.17) is 4.42 Å². The molecule has 8 heteroatoms. The maximum atomic E-state index is 13.5. The summed E-state index contributed by atoms with van der Waals surface area (Å²) >= 11 is 0. The second-order valence-corrected chi connectivity index (χ2v) is 9.54. The van der Waals surface area contributed by atoms with Crippen molar-refractivity contribution >= 4 is 39.8 Å². The number of hydrazone groups is 1. The molecule has 0 unspecified atom stereocenters. The van der Waals surface area contributed by atoms with Crippen LogP contribution in [0.2, 0.25) is 0 Å². The molecule has 2 amide bonds. The zero-order valence-corrected chi connectivity index (χ0v) is 21.9. The fourth-order valence-corrected chi connectivity index (χ4v) is 4.95. The zero-order chi connectivity index (χ0) is 27.5. The van der Waals surface area contributed by atoms with Crippen LogP contribution in [0.5, 0.6) is 0 Å². The van der Waals surface area contributed by atoms with E-state index in [2.05, 4.69) is 20.9 Å². The Balaban J connectivity index is 1.25. The van der Waals surface area contributed by atoms with Crippen LogP contribution in [0, 0.1) is 6.92 Å². The smallest absolute Gasteiger partial charge is 0.306 e. The van der Waals surface area contributed by atoms with Crippen LogP contribution in [0.1, 0.15) is 50.8 Å². The van der Waals surface area contributed by atoms with Gasteiger partial charge in [-0.1, -0.05) is 60.7 Å². The van der Waals surface area contributed by atoms with E-state index in [9.17, 15) is 9.59 Å². The van der Waals surface area contributed by atoms with Crippen LogP contribution in [0.3, 0.4) is 0 Å². The van der Waals surface area contributed by atoms with Gasteiger partial charge in [-0.2, -0.15) is 5.10 Å². The summed E-state index contributed by atoms with van der Waals surface area (Å²) in [6, 6.07) is 30.4. The standard InChI is InChI=1S/C32H27N5O3/c1-21-29-26(34-35-31(38)27-20-19-22-11-8-9-16-25(22)33-27)17-10-18-28(29)40-30(21)32(39)36-37(23-12-4-2-5-13-23)24-14-6-3-7-15-24/h2-9,11-16,19-20H,10,17-18H2,1H3,(H,35,38)(H,36,39)/b34-26+. The van der Waals surface area contributed by atoms with E-state index < -0.39 is 5.91 Å². The van der Waals surface area contributed by atoms with Gasteiger partial charge in [-0.05, 0) is 56.2 Å². The molecule has 198 valence electrons. The van der Waals surface area contributed by atoms with Crippen molar-refractivity contribution in [3.63, 3.8) is 0 Å². The van der Waals surface area contributed by atoms with Crippen molar-refractivity contribution in [1.82, 2.24) is 15.8 Å². The van der Waals surface area contributed by atoms with Crippen LogP contribution in [0.15, 0.2) is 107 Å². The average Bonchev–Trinajstić information content (AvgIpc) is 3.36. The number of fused-ring (bicyclic) bond motifs is 2. The highest BCUT2D eigenvalue weighted by Crippen LogP contribution is 2.31. The molecule has 1 aliphatic carbocycles. The van der Waals surface area contributed by atoms with Crippen LogP contribution >= 0.6 is 0 Å². The number of amides is 2. The molecule has 0 aliphatic heterocycles. The molecule has 0 fully saturated rings. The fraction of sp³-hybridized carbons (Fsp3) is 0.125. The summed E-state index contributed by atoms with van der Waals surface area (Å²) in [5.74, 6) is 0.143. The number of rotatable bonds is 6. The topological polar surface area (TPSA) is 99.8 Å². The third kappa shape index (κ3) is 4.94. The molecule has 2 aromatic heterocycles. The highest BCUT2D eigenvalue weighted by atomic mass is 16.4. The summed E-state index contributed by atoms with van der Waals surface area (Å²) in [6.07, 6.45) is 2.13. The fourth-order valence-electron chi connectivity index (χ4n) is 4.95. The van der Waals surface area contributed by atoms with Gasteiger partial charge >= 0.3 is 5.91 Å². The number of furan rings is 1. The Morgan fingerprint density at radius 1 is 0.825 bits per heavy atom. The van der Waals surface area contributed by atoms with E-state index in [1.165, 1.54) is 0 Å². The molecule has 2 heterocycles. The number of nitrogens with one attached hydrogen (secondary N) is 2. The molecule has 5 aromatic rings. The van der Waals surface area contributed by atoms with Crippen molar-refractivity contribution in [3.05, 3.63) is 125 Å². The van der Waals surface area contributed by atoms with Gasteiger partial charge < -0.3 is 4.42 Å². The number of aryl methyl sites for hydroxylation is 1. The molecule has 3 aromatic carbocycles. The second-order valence-electron chi connectivity index (χ2n) is 9.54. The summed E-state index contributed by atoms with van der Waals surface area (Å²) in [4.78, 5) is 30.8. The molecule has 0 spiro atoms. The molecule has 2 N–H and O–H groups in total. The summed E-state index contributed by atoms with van der Waals surface area (Å²) in [5, 5.41) is 7.14. The number of anilines is 2. The van der Waals surface area contributed by atoms with Crippen LogP contribution in [0.25, 0.3) is 10.9 Å². The first kappa shape index (κ1) is 25.1. The van der Waals surface area contributed by atoms with Crippen molar-refractivity contribution in [3.8, 4) is 0 Å². The first-order valence-corrected chi connectivity index (χ1v) is 13.1. The Bertz CT molecular complexity index is 1690. The SMILES string of the molecule is Cc1c(C(=O)NN(c2ccccc2)c2ccccc2)oc2c1/C(=N/NC(=O)c1ccc3ccccc3n1)CCC2. The number of para-hydroxylation sites is 3. The first-order valence-electron chi connectivity index (χ1n) is 13.1. The van der Waals surface area contributed by atoms with Crippen molar-refractivity contribution in [2.45, 2.75) is 26.2 Å². The van der Waals surface area contributed by atoms with Crippen molar-refractivity contribution in [1.29, 1.82) is 0 Å². The maximum absolute atomic E-state index is 13.5. The molecule has 1 aliphatic rings. The predicted molar refractivity (Wildman–Crippen MR) is 155 cm³/mol. The van der Waals surface area contributed by atoms with Gasteiger partial charge in [0.1, 0.15) is 11.5 Å². The van der Waals surface area contributed by atoms with Crippen LogP contribution in [-0.4, -0.2) is 22.5 Å². The molecule has 40 heavy (non-hydrogen) atoms. The Kier molecular flexibility index (Phi) is 6.80. The number of carbonyl (C=O) groups excluding carboxylic acids is 2. The summed E-state index contributed by atoms with van der Waals surface area (Å²) in [6.45, 7) is 1.85. The molecule has 0 radical (unpaired) electrons. The zero-order valence-electron chi connectivity index (χ0n) is 21.9. The number of hydrazine groups is 1. The lowest BCUT2D eigenvalue weighted by Crippen LogP contribution is -2.39. The third-order valence-electron chi connectivity index (χ3n) is 6.90. The number of aromatic nitrogens is 1. The minimum atomic E-state index is -0.397. The molecular weight excluding hydrogens is 502 g/mol. The van der Waals surface area contributed by atoms with E-state index in [0.29, 0.717) is 29.9 Å². The lowest BCUT2D eigenvalue weighted by molar-refractivity contribution is 0.0921. The van der Waals surface area contributed by atoms with E-state index in [-0.39, 0.29) is 17.4 Å². The van der Waals surface area contributed by atoms with Crippen molar-refractivity contribution < 1.29 is 14.0 Å². The number of carbonyl (C=O) groups is 2. The van der Waals surface area contributed by atoms with Crippen LogP contribution < -0.4 is 15.9 Å². The Morgan fingerprint density at radius 3 is 2.23 bits per heavy atom. The normalized spacial score (nSPS) is 13.6. The number of nitrogens with zero attached hydrogens (tertiary/aromatic N) is 3. The van der Waals surface area contributed by atoms with Gasteiger partial charge in [0.15, 0.2) is 5.76 Å². The summed E-state index contributed by atoms with van der Waals surface area (Å²) < 4.78 is 6.10. The highest BCUT2D eigenvalue weighted by molar-refractivity contribution is 6.07. The van der Waals surface area contributed by atoms with Gasteiger partial charge in [-0.25, -0.2) is 10.4 Å². The minimum Gasteiger partial charge on any atom is -0.455 e. The molecule has 0 saturated carbocycles. The molecule has 0 saturated heterocycles. The number of pyridine rings is 1. The molecule has 0 atom stereocenters. The Morgan fingerprint density at radius 2 is 1.50 bits per heavy atom. The molecule has 0 bridgehead atoms. The maximum Gasteiger partial charge on any atom is 0.306 e. The number of hydrogen-bond acceptors (Lipinski definition) is 6. The lowest BCUT2D eigenvalue weighted by Gasteiger charge is -2.25. The largest absolute Gasteiger partial charge is 0.455 e. The Labute approximate surface area is 231 Å². The second kappa shape index (κ2) is 10.9. The number of benzene rings is 3. The predicted octanol–water partition coefficient (Wildman–Crippen LogP) is 6.09. The van der Waals surface area contributed by atoms with Gasteiger partial charge in [-0.3, -0.25) is 20.0 Å². The highest BCUT2D eigenvalue weighted by Gasteiger charge is 2.29. The van der Waals surface area contributed by atoms with Gasteiger partial charge in [0.05, 0.1) is 22.6 Å². The quantitative estimate of drug-likeness (QED) is 0.259. The van der Waals surface area contributed by atoms with Gasteiger partial charge in [0.25, 0.3) is 5.91 Å².